The number of nitrogens with two attached hydrogens (primary N) is 1. The molecule has 0 radical (unpaired) electrons. The molecule has 110 valence electrons. The number of aliphatic carboxylic acids is 1. The summed E-state index contributed by atoms with van der Waals surface area (Å²) in [5.41, 5.74) is 6.20. The first-order valence-electron chi connectivity index (χ1n) is 6.08. The molecule has 9 nitrogen and oxygen atoms in total. The van der Waals surface area contributed by atoms with Crippen LogP contribution in [0.4, 0.5) is 0 Å². The van der Waals surface area contributed by atoms with Crippen molar-refractivity contribution in [3.8, 4) is 0 Å². The maximum atomic E-state index is 11.8. The summed E-state index contributed by atoms with van der Waals surface area (Å²) in [5, 5.41) is 20.0. The summed E-state index contributed by atoms with van der Waals surface area (Å²) in [4.78, 5) is 24.5. The van der Waals surface area contributed by atoms with E-state index in [0.717, 1.165) is 0 Å². The minimum atomic E-state index is -1.14. The van der Waals surface area contributed by atoms with Crippen LogP contribution in [0.1, 0.15) is 5.82 Å². The molecule has 0 spiro atoms. The molecule has 2 aliphatic rings. The van der Waals surface area contributed by atoms with E-state index in [1.165, 1.54) is 21.3 Å². The molecule has 1 aromatic rings. The summed E-state index contributed by atoms with van der Waals surface area (Å²) in [6.07, 6.45) is 3.23. The van der Waals surface area contributed by atoms with Crippen molar-refractivity contribution in [2.24, 2.45) is 12.8 Å². The maximum absolute atomic E-state index is 11.8. The molecule has 1 fully saturated rings. The molecule has 0 bridgehead atoms. The number of fused-ring (bicyclic) bond motifs is 1. The molecule has 3 N–H and O–H groups in total. The molecule has 1 amide bonds. The van der Waals surface area contributed by atoms with Crippen LogP contribution in [0, 0.1) is 0 Å². The van der Waals surface area contributed by atoms with Crippen molar-refractivity contribution in [2.75, 3.05) is 5.75 Å². The fourth-order valence-corrected chi connectivity index (χ4v) is 3.49. The standard InChI is InChI=1S/C11H12N6O3S/c1-16-6(13-14-15-16)3-2-5-4-21-10-7(12)9(18)17(10)8(5)11(19)20/h2-3,7,10H,4,12H2,1H3,(H,19,20)/b3-2+. The van der Waals surface area contributed by atoms with Gasteiger partial charge in [0.2, 0.25) is 5.91 Å². The lowest BCUT2D eigenvalue weighted by Gasteiger charge is -2.47. The van der Waals surface area contributed by atoms with Crippen molar-refractivity contribution in [1.82, 2.24) is 25.1 Å². The van der Waals surface area contributed by atoms with Crippen molar-refractivity contribution in [1.29, 1.82) is 0 Å². The number of β-lactam (4-membered cyclic amide) rings is 1. The maximum Gasteiger partial charge on any atom is 0.352 e. The van der Waals surface area contributed by atoms with Crippen molar-refractivity contribution in [3.63, 3.8) is 0 Å². The highest BCUT2D eigenvalue weighted by Gasteiger charge is 2.51. The molecule has 2 unspecified atom stereocenters. The Morgan fingerprint density at radius 1 is 1.52 bits per heavy atom. The average Bonchev–Trinajstić information content (AvgIpc) is 2.88. The number of carboxylic acids is 1. The normalized spacial score (nSPS) is 25.2. The van der Waals surface area contributed by atoms with Crippen molar-refractivity contribution >= 4 is 29.7 Å². The van der Waals surface area contributed by atoms with E-state index >= 15 is 0 Å². The van der Waals surface area contributed by atoms with Crippen LogP contribution in [0.25, 0.3) is 6.08 Å². The molecule has 0 aliphatic carbocycles. The largest absolute Gasteiger partial charge is 0.477 e. The summed E-state index contributed by atoms with van der Waals surface area (Å²) >= 11 is 1.44. The summed E-state index contributed by atoms with van der Waals surface area (Å²) < 4.78 is 1.46. The molecule has 21 heavy (non-hydrogen) atoms. The third kappa shape index (κ3) is 2.12. The Morgan fingerprint density at radius 2 is 2.29 bits per heavy atom. The lowest BCUT2D eigenvalue weighted by molar-refractivity contribution is -0.147. The van der Waals surface area contributed by atoms with E-state index in [-0.39, 0.29) is 17.0 Å². The van der Waals surface area contributed by atoms with E-state index in [1.807, 2.05) is 0 Å². The van der Waals surface area contributed by atoms with Gasteiger partial charge in [-0.2, -0.15) is 0 Å². The Bertz CT molecular complexity index is 681. The second kappa shape index (κ2) is 4.97. The van der Waals surface area contributed by atoms with Gasteiger partial charge in [-0.15, -0.1) is 16.9 Å². The first-order chi connectivity index (χ1) is 10.0. The van der Waals surface area contributed by atoms with Crippen LogP contribution in [-0.4, -0.2) is 59.3 Å². The van der Waals surface area contributed by atoms with E-state index in [1.54, 1.807) is 19.2 Å². The van der Waals surface area contributed by atoms with E-state index in [4.69, 9.17) is 5.73 Å². The first-order valence-corrected chi connectivity index (χ1v) is 7.12. The minimum Gasteiger partial charge on any atom is -0.477 e. The fourth-order valence-electron chi connectivity index (χ4n) is 2.22. The highest BCUT2D eigenvalue weighted by atomic mass is 32.2. The van der Waals surface area contributed by atoms with Crippen LogP contribution < -0.4 is 5.73 Å². The smallest absolute Gasteiger partial charge is 0.352 e. The Labute approximate surface area is 123 Å². The Hall–Kier alpha value is -2.20. The van der Waals surface area contributed by atoms with E-state index in [0.29, 0.717) is 17.2 Å². The van der Waals surface area contributed by atoms with Gasteiger partial charge in [-0.1, -0.05) is 6.08 Å². The molecule has 3 heterocycles. The van der Waals surface area contributed by atoms with Gasteiger partial charge in [0.05, 0.1) is 0 Å². The predicted molar refractivity (Wildman–Crippen MR) is 73.6 cm³/mol. The molecular formula is C11H12N6O3S. The number of carbonyl (C=O) groups is 2. The van der Waals surface area contributed by atoms with E-state index in [9.17, 15) is 14.7 Å². The molecule has 2 aliphatic heterocycles. The van der Waals surface area contributed by atoms with E-state index < -0.39 is 12.0 Å². The first kappa shape index (κ1) is 13.8. The quantitative estimate of drug-likeness (QED) is 0.667. The zero-order valence-electron chi connectivity index (χ0n) is 11.0. The highest BCUT2D eigenvalue weighted by molar-refractivity contribution is 8.00. The van der Waals surface area contributed by atoms with Crippen LogP contribution in [-0.2, 0) is 16.6 Å². The zero-order chi connectivity index (χ0) is 15.1. The van der Waals surface area contributed by atoms with Crippen LogP contribution in [0.15, 0.2) is 17.3 Å². The number of allylic oxidation sites excluding steroid dienone is 1. The van der Waals surface area contributed by atoms with Crippen LogP contribution in [0.5, 0.6) is 0 Å². The number of tetrazole rings is 1. The molecule has 1 aromatic heterocycles. The predicted octanol–water partition coefficient (Wildman–Crippen LogP) is -1.20. The number of aryl methyl sites for hydroxylation is 1. The Morgan fingerprint density at radius 3 is 2.90 bits per heavy atom. The zero-order valence-corrected chi connectivity index (χ0v) is 11.8. The Kier molecular flexibility index (Phi) is 3.26. The highest BCUT2D eigenvalue weighted by Crippen LogP contribution is 2.39. The van der Waals surface area contributed by atoms with Gasteiger partial charge in [-0.05, 0) is 22.1 Å². The number of carboxylic acid groups (broad SMARTS) is 1. The number of hydrogen-bond acceptors (Lipinski definition) is 7. The molecule has 0 aromatic carbocycles. The van der Waals surface area contributed by atoms with Crippen molar-refractivity contribution < 1.29 is 14.7 Å². The molecule has 3 rings (SSSR count). The summed E-state index contributed by atoms with van der Waals surface area (Å²) in [6, 6.07) is -0.627. The molecule has 1 saturated heterocycles. The molecule has 0 saturated carbocycles. The summed E-state index contributed by atoms with van der Waals surface area (Å²) in [7, 11) is 1.68. The fraction of sp³-hybridized carbons (Fsp3) is 0.364. The molecular weight excluding hydrogens is 296 g/mol. The second-order valence-corrected chi connectivity index (χ2v) is 5.71. The number of nitrogens with zero attached hydrogens (tertiary/aromatic N) is 5. The Balaban J connectivity index is 1.95. The van der Waals surface area contributed by atoms with Gasteiger partial charge >= 0.3 is 5.97 Å². The summed E-state index contributed by atoms with van der Waals surface area (Å²) in [6.45, 7) is 0. The lowest BCUT2D eigenvalue weighted by Crippen LogP contribution is -2.68. The minimum absolute atomic E-state index is 0.0168. The van der Waals surface area contributed by atoms with E-state index in [2.05, 4.69) is 15.5 Å². The third-order valence-electron chi connectivity index (χ3n) is 3.33. The lowest BCUT2D eigenvalue weighted by atomic mass is 10.0. The van der Waals surface area contributed by atoms with Gasteiger partial charge in [0, 0.05) is 12.8 Å². The van der Waals surface area contributed by atoms with Crippen LogP contribution in [0.3, 0.4) is 0 Å². The monoisotopic (exact) mass is 308 g/mol. The number of aromatic nitrogens is 4. The van der Waals surface area contributed by atoms with Gasteiger partial charge < -0.3 is 10.8 Å². The number of thioether (sulfide) groups is 1. The topological polar surface area (TPSA) is 127 Å². The number of amides is 1. The average molecular weight is 308 g/mol. The second-order valence-electron chi connectivity index (χ2n) is 4.61. The number of hydrogen-bond donors (Lipinski definition) is 2. The number of rotatable bonds is 3. The van der Waals surface area contributed by atoms with Gasteiger partial charge in [0.25, 0.3) is 0 Å². The van der Waals surface area contributed by atoms with Crippen LogP contribution >= 0.6 is 11.8 Å². The summed E-state index contributed by atoms with van der Waals surface area (Å²) in [5.74, 6) is -0.552. The van der Waals surface area contributed by atoms with Crippen molar-refractivity contribution in [3.05, 3.63) is 23.2 Å². The van der Waals surface area contributed by atoms with Gasteiger partial charge in [0.1, 0.15) is 17.1 Å². The SMILES string of the molecule is Cn1nnnc1/C=C/C1=C(C(=O)O)N2C(=O)C(N)C2SC1. The van der Waals surface area contributed by atoms with Gasteiger partial charge in [-0.3, -0.25) is 9.69 Å². The number of carbonyl (C=O) groups excluding carboxylic acids is 1. The van der Waals surface area contributed by atoms with Gasteiger partial charge in [0.15, 0.2) is 5.82 Å². The molecule has 10 heteroatoms. The third-order valence-corrected chi connectivity index (χ3v) is 4.65. The van der Waals surface area contributed by atoms with Crippen LogP contribution in [0.2, 0.25) is 0 Å². The van der Waals surface area contributed by atoms with Gasteiger partial charge in [-0.25, -0.2) is 9.48 Å². The molecule has 2 atom stereocenters. The van der Waals surface area contributed by atoms with Crippen molar-refractivity contribution in [2.45, 2.75) is 11.4 Å².